The van der Waals surface area contributed by atoms with E-state index in [0.29, 0.717) is 55.8 Å². The second-order valence-electron chi connectivity index (χ2n) is 12.3. The number of benzene rings is 3. The van der Waals surface area contributed by atoms with E-state index >= 15 is 0 Å². The van der Waals surface area contributed by atoms with Crippen LogP contribution in [0.3, 0.4) is 0 Å². The molecule has 7 nitrogen and oxygen atoms in total. The Morgan fingerprint density at radius 2 is 1.50 bits per heavy atom. The molecule has 2 amide bonds. The summed E-state index contributed by atoms with van der Waals surface area (Å²) < 4.78 is 55.4. The van der Waals surface area contributed by atoms with Crippen molar-refractivity contribution < 1.29 is 26.8 Å². The largest absolute Gasteiger partial charge is 0.353 e. The lowest BCUT2D eigenvalue weighted by molar-refractivity contribution is -0.124. The molecule has 0 saturated heterocycles. The maximum absolute atomic E-state index is 14.1. The van der Waals surface area contributed by atoms with Crippen LogP contribution in [0.1, 0.15) is 79.9 Å². The minimum Gasteiger partial charge on any atom is -0.353 e. The summed E-state index contributed by atoms with van der Waals surface area (Å²) in [6.07, 6.45) is 3.73. The quantitative estimate of drug-likeness (QED) is 0.112. The minimum absolute atomic E-state index is 0.121. The molecule has 0 fully saturated rings. The number of halogens is 3. The van der Waals surface area contributed by atoms with E-state index in [2.05, 4.69) is 35.0 Å². The first-order valence-corrected chi connectivity index (χ1v) is 18.8. The summed E-state index contributed by atoms with van der Waals surface area (Å²) in [6, 6.07) is 17.2. The fraction of sp³-hybridized carbons (Fsp3) is 0.459. The second kappa shape index (κ2) is 19.6. The van der Waals surface area contributed by atoms with Gasteiger partial charge in [0.15, 0.2) is 9.84 Å². The van der Waals surface area contributed by atoms with Gasteiger partial charge in [0, 0.05) is 35.8 Å². The predicted octanol–water partition coefficient (Wildman–Crippen LogP) is 6.82. The summed E-state index contributed by atoms with van der Waals surface area (Å²) in [5, 5.41) is 8.81. The third kappa shape index (κ3) is 12.9. The highest BCUT2D eigenvalue weighted by atomic mass is 35.5. The lowest BCUT2D eigenvalue weighted by Crippen LogP contribution is -2.47. The molecule has 0 bridgehead atoms. The van der Waals surface area contributed by atoms with E-state index in [4.69, 9.17) is 11.6 Å². The van der Waals surface area contributed by atoms with Crippen LogP contribution in [0.5, 0.6) is 0 Å². The lowest BCUT2D eigenvalue weighted by atomic mass is 10.0. The summed E-state index contributed by atoms with van der Waals surface area (Å²) in [7, 11) is -3.72. The number of sulfone groups is 1. The highest BCUT2D eigenvalue weighted by molar-refractivity contribution is 7.92. The van der Waals surface area contributed by atoms with Crippen molar-refractivity contribution in [2.45, 2.75) is 83.6 Å². The third-order valence-electron chi connectivity index (χ3n) is 8.28. The van der Waals surface area contributed by atoms with Gasteiger partial charge in [-0.05, 0) is 85.7 Å². The Morgan fingerprint density at radius 1 is 0.833 bits per heavy atom. The van der Waals surface area contributed by atoms with Crippen LogP contribution in [0, 0.1) is 17.6 Å². The normalized spacial score (nSPS) is 12.9. The van der Waals surface area contributed by atoms with Gasteiger partial charge >= 0.3 is 0 Å². The van der Waals surface area contributed by atoms with Crippen LogP contribution in [-0.2, 0) is 34.0 Å². The fourth-order valence-corrected chi connectivity index (χ4v) is 8.25. The van der Waals surface area contributed by atoms with Crippen molar-refractivity contribution in [2.24, 2.45) is 5.92 Å². The molecule has 0 heterocycles. The molecule has 0 aliphatic carbocycles. The SMILES string of the molecule is CCCC(CCC)S(=O)(=O)CC(CNC(=O)c1cccc(Cl)c1)C(=O)N[C@H](CCNCc1cccc(CC)c1)Cc1cc(F)cc(F)c1. The summed E-state index contributed by atoms with van der Waals surface area (Å²) >= 11 is 6.05. The number of aryl methyl sites for hydroxylation is 1. The topological polar surface area (TPSA) is 104 Å². The predicted molar refractivity (Wildman–Crippen MR) is 189 cm³/mol. The first-order valence-electron chi connectivity index (χ1n) is 16.7. The van der Waals surface area contributed by atoms with Gasteiger partial charge in [0.25, 0.3) is 5.91 Å². The number of amides is 2. The van der Waals surface area contributed by atoms with Gasteiger partial charge in [-0.15, -0.1) is 0 Å². The van der Waals surface area contributed by atoms with E-state index in [1.54, 1.807) is 18.2 Å². The van der Waals surface area contributed by atoms with Gasteiger partial charge < -0.3 is 16.0 Å². The van der Waals surface area contributed by atoms with E-state index < -0.39 is 56.2 Å². The standard InChI is InChI=1S/C37H48ClF2N3O4S/c1-4-9-35(10-5-2)48(46,47)25-30(24-42-36(44)29-13-8-14-31(38)21-29)37(45)43-34(20-28-18-32(39)22-33(40)19-28)15-16-41-23-27-12-7-11-26(6-3)17-27/h7-8,11-14,17-19,21-22,30,34-35,41H,4-6,9-10,15-16,20,23-25H2,1-3H3,(H,42,44)(H,43,45)/t30?,34-/m1/s1. The second-order valence-corrected chi connectivity index (χ2v) is 15.0. The van der Waals surface area contributed by atoms with E-state index in [9.17, 15) is 26.8 Å². The molecule has 48 heavy (non-hydrogen) atoms. The molecule has 0 radical (unpaired) electrons. The highest BCUT2D eigenvalue weighted by Crippen LogP contribution is 2.20. The van der Waals surface area contributed by atoms with Crippen molar-refractivity contribution in [3.05, 3.63) is 106 Å². The molecule has 3 rings (SSSR count). The monoisotopic (exact) mass is 703 g/mol. The van der Waals surface area contributed by atoms with E-state index in [0.717, 1.165) is 18.1 Å². The van der Waals surface area contributed by atoms with Gasteiger partial charge in [-0.2, -0.15) is 0 Å². The minimum atomic E-state index is -3.72. The van der Waals surface area contributed by atoms with Gasteiger partial charge in [-0.1, -0.05) is 75.5 Å². The Morgan fingerprint density at radius 3 is 2.15 bits per heavy atom. The maximum atomic E-state index is 14.1. The van der Waals surface area contributed by atoms with E-state index in [-0.39, 0.29) is 18.5 Å². The molecule has 1 unspecified atom stereocenters. The molecule has 0 aliphatic rings. The van der Waals surface area contributed by atoms with Gasteiger partial charge in [0.05, 0.1) is 16.9 Å². The molecule has 3 aromatic carbocycles. The van der Waals surface area contributed by atoms with Gasteiger partial charge in [0.1, 0.15) is 11.6 Å². The van der Waals surface area contributed by atoms with E-state index in [1.807, 2.05) is 26.0 Å². The average molecular weight is 704 g/mol. The molecule has 0 aliphatic heterocycles. The number of hydrogen-bond donors (Lipinski definition) is 3. The first kappa shape index (κ1) is 39.1. The molecule has 11 heteroatoms. The molecule has 2 atom stereocenters. The van der Waals surface area contributed by atoms with Gasteiger partial charge in [-0.25, -0.2) is 17.2 Å². The van der Waals surface area contributed by atoms with Crippen molar-refractivity contribution in [3.63, 3.8) is 0 Å². The summed E-state index contributed by atoms with van der Waals surface area (Å²) in [6.45, 7) is 6.76. The Bertz CT molecular complexity index is 1580. The molecule has 262 valence electrons. The molecular weight excluding hydrogens is 656 g/mol. The van der Waals surface area contributed by atoms with Crippen LogP contribution in [0.2, 0.25) is 5.02 Å². The van der Waals surface area contributed by atoms with Crippen LogP contribution in [0.25, 0.3) is 0 Å². The maximum Gasteiger partial charge on any atom is 0.251 e. The third-order valence-corrected chi connectivity index (χ3v) is 10.9. The zero-order chi connectivity index (χ0) is 35.1. The summed E-state index contributed by atoms with van der Waals surface area (Å²) in [4.78, 5) is 26.9. The Kier molecular flexibility index (Phi) is 16.0. The van der Waals surface area contributed by atoms with Crippen LogP contribution in [-0.4, -0.2) is 50.4 Å². The van der Waals surface area contributed by atoms with Crippen LogP contribution < -0.4 is 16.0 Å². The van der Waals surface area contributed by atoms with Crippen molar-refractivity contribution in [3.8, 4) is 0 Å². The van der Waals surface area contributed by atoms with Crippen molar-refractivity contribution >= 4 is 33.3 Å². The summed E-state index contributed by atoms with van der Waals surface area (Å²) in [5.74, 6) is -4.06. The van der Waals surface area contributed by atoms with Crippen molar-refractivity contribution in [2.75, 3.05) is 18.8 Å². The first-order chi connectivity index (χ1) is 22.9. The van der Waals surface area contributed by atoms with Gasteiger partial charge in [0.2, 0.25) is 5.91 Å². The lowest BCUT2D eigenvalue weighted by Gasteiger charge is -2.25. The molecule has 0 aromatic heterocycles. The number of carbonyl (C=O) groups is 2. The molecular formula is C37H48ClF2N3O4S. The zero-order valence-corrected chi connectivity index (χ0v) is 29.6. The number of hydrogen-bond acceptors (Lipinski definition) is 5. The van der Waals surface area contributed by atoms with Crippen LogP contribution >= 0.6 is 11.6 Å². The Labute approximate surface area is 289 Å². The zero-order valence-electron chi connectivity index (χ0n) is 28.0. The Hall–Kier alpha value is -3.34. The summed E-state index contributed by atoms with van der Waals surface area (Å²) in [5.41, 5.74) is 2.96. The van der Waals surface area contributed by atoms with Crippen molar-refractivity contribution in [1.82, 2.24) is 16.0 Å². The smallest absolute Gasteiger partial charge is 0.251 e. The molecule has 0 saturated carbocycles. The van der Waals surface area contributed by atoms with Gasteiger partial charge in [-0.3, -0.25) is 9.59 Å². The number of rotatable bonds is 20. The number of carbonyl (C=O) groups excluding carboxylic acids is 2. The highest BCUT2D eigenvalue weighted by Gasteiger charge is 2.32. The van der Waals surface area contributed by atoms with E-state index in [1.165, 1.54) is 23.8 Å². The molecule has 0 spiro atoms. The van der Waals surface area contributed by atoms with Crippen LogP contribution in [0.4, 0.5) is 8.78 Å². The molecule has 3 aromatic rings. The average Bonchev–Trinajstić information content (AvgIpc) is 3.04. The van der Waals surface area contributed by atoms with Crippen LogP contribution in [0.15, 0.2) is 66.7 Å². The molecule has 3 N–H and O–H groups in total. The Balaban J connectivity index is 1.82. The van der Waals surface area contributed by atoms with Crippen molar-refractivity contribution in [1.29, 1.82) is 0 Å². The fourth-order valence-electron chi connectivity index (χ4n) is 5.77. The number of nitrogens with one attached hydrogen (secondary N) is 3.